The molecule has 1 aliphatic heterocycles. The van der Waals surface area contributed by atoms with Crippen LogP contribution in [-0.2, 0) is 17.6 Å². The Bertz CT molecular complexity index is 1150. The molecule has 7 nitrogen and oxygen atoms in total. The van der Waals surface area contributed by atoms with Crippen molar-refractivity contribution in [2.24, 2.45) is 0 Å². The zero-order valence-corrected chi connectivity index (χ0v) is 16.7. The predicted molar refractivity (Wildman–Crippen MR) is 113 cm³/mol. The van der Waals surface area contributed by atoms with Crippen LogP contribution in [0, 0.1) is 6.92 Å². The van der Waals surface area contributed by atoms with Gasteiger partial charge in [0.25, 0.3) is 5.91 Å². The predicted octanol–water partition coefficient (Wildman–Crippen LogP) is 3.88. The zero-order chi connectivity index (χ0) is 20.7. The average Bonchev–Trinajstić information content (AvgIpc) is 3.45. The van der Waals surface area contributed by atoms with E-state index in [0.717, 1.165) is 41.8 Å². The molecule has 2 aromatic carbocycles. The SMILES string of the molecule is Cc1ccccc1-n1nc(C(=O)Nc2cccc(N3CCOC3=O)c2)c2c1CCC2. The van der Waals surface area contributed by atoms with Gasteiger partial charge in [0, 0.05) is 22.6 Å². The Balaban J connectivity index is 1.45. The van der Waals surface area contributed by atoms with Gasteiger partial charge in [0.05, 0.1) is 12.2 Å². The molecular formula is C23H22N4O3. The normalized spacial score (nSPS) is 15.2. The van der Waals surface area contributed by atoms with Gasteiger partial charge in [-0.1, -0.05) is 24.3 Å². The highest BCUT2D eigenvalue weighted by molar-refractivity contribution is 6.04. The first-order chi connectivity index (χ1) is 14.6. The highest BCUT2D eigenvalue weighted by atomic mass is 16.6. The second kappa shape index (κ2) is 7.33. The largest absolute Gasteiger partial charge is 0.447 e. The Labute approximate surface area is 174 Å². The summed E-state index contributed by atoms with van der Waals surface area (Å²) in [5.74, 6) is -0.235. The van der Waals surface area contributed by atoms with Crippen molar-refractivity contribution >= 4 is 23.4 Å². The summed E-state index contributed by atoms with van der Waals surface area (Å²) >= 11 is 0. The zero-order valence-electron chi connectivity index (χ0n) is 16.7. The van der Waals surface area contributed by atoms with Gasteiger partial charge in [0.1, 0.15) is 6.61 Å². The van der Waals surface area contributed by atoms with Gasteiger partial charge >= 0.3 is 6.09 Å². The van der Waals surface area contributed by atoms with Gasteiger partial charge in [-0.15, -0.1) is 0 Å². The maximum Gasteiger partial charge on any atom is 0.414 e. The number of amides is 2. The number of fused-ring (bicyclic) bond motifs is 1. The highest BCUT2D eigenvalue weighted by Gasteiger charge is 2.28. The van der Waals surface area contributed by atoms with E-state index >= 15 is 0 Å². The van der Waals surface area contributed by atoms with E-state index < -0.39 is 0 Å². The molecule has 152 valence electrons. The minimum absolute atomic E-state index is 0.235. The number of aryl methyl sites for hydroxylation is 1. The standard InChI is InChI=1S/C23H22N4O3/c1-15-6-2-3-10-19(15)27-20-11-5-9-18(20)21(25-27)22(28)24-16-7-4-8-17(14-16)26-12-13-30-23(26)29/h2-4,6-8,10,14H,5,9,11-13H2,1H3,(H,24,28). The molecule has 30 heavy (non-hydrogen) atoms. The monoisotopic (exact) mass is 402 g/mol. The summed E-state index contributed by atoms with van der Waals surface area (Å²) in [7, 11) is 0. The summed E-state index contributed by atoms with van der Waals surface area (Å²) < 4.78 is 6.92. The molecule has 1 saturated heterocycles. The highest BCUT2D eigenvalue weighted by Crippen LogP contribution is 2.30. The molecule has 1 aromatic heterocycles. The molecule has 0 bridgehead atoms. The fraction of sp³-hybridized carbons (Fsp3) is 0.261. The van der Waals surface area contributed by atoms with E-state index in [9.17, 15) is 9.59 Å². The number of para-hydroxylation sites is 1. The molecule has 0 radical (unpaired) electrons. The van der Waals surface area contributed by atoms with Crippen molar-refractivity contribution in [2.75, 3.05) is 23.4 Å². The van der Waals surface area contributed by atoms with Crippen LogP contribution < -0.4 is 10.2 Å². The summed E-state index contributed by atoms with van der Waals surface area (Å²) in [5.41, 5.74) is 6.05. The molecule has 1 fully saturated rings. The minimum Gasteiger partial charge on any atom is -0.447 e. The summed E-state index contributed by atoms with van der Waals surface area (Å²) in [4.78, 5) is 26.5. The summed E-state index contributed by atoms with van der Waals surface area (Å²) in [5, 5.41) is 7.64. The number of cyclic esters (lactones) is 1. The fourth-order valence-electron chi connectivity index (χ4n) is 4.19. The third-order valence-electron chi connectivity index (χ3n) is 5.67. The van der Waals surface area contributed by atoms with E-state index in [4.69, 9.17) is 9.84 Å². The number of rotatable bonds is 4. The second-order valence-electron chi connectivity index (χ2n) is 7.60. The van der Waals surface area contributed by atoms with E-state index in [-0.39, 0.29) is 12.0 Å². The van der Waals surface area contributed by atoms with E-state index in [1.807, 2.05) is 48.0 Å². The Morgan fingerprint density at radius 3 is 2.80 bits per heavy atom. The van der Waals surface area contributed by atoms with Gasteiger partial charge in [0.15, 0.2) is 5.69 Å². The number of hydrogen-bond acceptors (Lipinski definition) is 4. The van der Waals surface area contributed by atoms with Crippen molar-refractivity contribution in [1.29, 1.82) is 0 Å². The molecule has 2 aliphatic rings. The van der Waals surface area contributed by atoms with Gasteiger partial charge in [-0.3, -0.25) is 9.69 Å². The quantitative estimate of drug-likeness (QED) is 0.719. The van der Waals surface area contributed by atoms with Crippen molar-refractivity contribution < 1.29 is 14.3 Å². The smallest absolute Gasteiger partial charge is 0.414 e. The molecule has 7 heteroatoms. The van der Waals surface area contributed by atoms with Gasteiger partial charge in [-0.25, -0.2) is 9.48 Å². The van der Waals surface area contributed by atoms with Crippen LogP contribution in [0.15, 0.2) is 48.5 Å². The van der Waals surface area contributed by atoms with Crippen LogP contribution in [0.4, 0.5) is 16.2 Å². The summed E-state index contributed by atoms with van der Waals surface area (Å²) in [6.07, 6.45) is 2.42. The van der Waals surface area contributed by atoms with E-state index in [2.05, 4.69) is 5.32 Å². The molecule has 0 saturated carbocycles. The van der Waals surface area contributed by atoms with Crippen LogP contribution in [0.25, 0.3) is 5.69 Å². The van der Waals surface area contributed by atoms with Crippen molar-refractivity contribution in [3.8, 4) is 5.69 Å². The summed E-state index contributed by atoms with van der Waals surface area (Å²) in [6, 6.07) is 15.3. The van der Waals surface area contributed by atoms with Crippen LogP contribution in [0.2, 0.25) is 0 Å². The molecule has 3 aromatic rings. The van der Waals surface area contributed by atoms with Crippen LogP contribution in [0.1, 0.15) is 33.7 Å². The van der Waals surface area contributed by atoms with Crippen LogP contribution in [0.5, 0.6) is 0 Å². The first kappa shape index (κ1) is 18.4. The maximum atomic E-state index is 13.1. The van der Waals surface area contributed by atoms with Crippen molar-refractivity contribution in [2.45, 2.75) is 26.2 Å². The van der Waals surface area contributed by atoms with E-state index in [1.54, 1.807) is 17.0 Å². The molecule has 2 amide bonds. The maximum absolute atomic E-state index is 13.1. The number of carbonyl (C=O) groups is 2. The molecule has 5 rings (SSSR count). The van der Waals surface area contributed by atoms with Gasteiger partial charge in [0.2, 0.25) is 0 Å². The Morgan fingerprint density at radius 1 is 1.13 bits per heavy atom. The van der Waals surface area contributed by atoms with Gasteiger partial charge in [-0.05, 0) is 56.0 Å². The molecule has 0 unspecified atom stereocenters. The minimum atomic E-state index is -0.367. The lowest BCUT2D eigenvalue weighted by molar-refractivity contribution is 0.102. The van der Waals surface area contributed by atoms with Crippen molar-refractivity contribution in [3.05, 3.63) is 71.0 Å². The molecule has 0 atom stereocenters. The lowest BCUT2D eigenvalue weighted by Crippen LogP contribution is -2.23. The number of anilines is 2. The first-order valence-electron chi connectivity index (χ1n) is 10.1. The van der Waals surface area contributed by atoms with Gasteiger partial charge in [-0.2, -0.15) is 5.10 Å². The van der Waals surface area contributed by atoms with Gasteiger partial charge < -0.3 is 10.1 Å². The topological polar surface area (TPSA) is 76.5 Å². The Hall–Kier alpha value is -3.61. The van der Waals surface area contributed by atoms with Crippen molar-refractivity contribution in [3.63, 3.8) is 0 Å². The third-order valence-corrected chi connectivity index (χ3v) is 5.67. The number of benzene rings is 2. The molecule has 0 spiro atoms. The van der Waals surface area contributed by atoms with Crippen molar-refractivity contribution in [1.82, 2.24) is 9.78 Å². The second-order valence-corrected chi connectivity index (χ2v) is 7.60. The molecule has 1 aliphatic carbocycles. The number of nitrogens with one attached hydrogen (secondary N) is 1. The number of nitrogens with zero attached hydrogens (tertiary/aromatic N) is 3. The number of hydrogen-bond donors (Lipinski definition) is 1. The third kappa shape index (κ3) is 3.12. The lowest BCUT2D eigenvalue weighted by atomic mass is 10.1. The number of ether oxygens (including phenoxy) is 1. The molecule has 2 heterocycles. The lowest BCUT2D eigenvalue weighted by Gasteiger charge is -2.14. The van der Waals surface area contributed by atoms with E-state index in [1.165, 1.54) is 0 Å². The molecule has 1 N–H and O–H groups in total. The molecular weight excluding hydrogens is 380 g/mol. The summed E-state index contributed by atoms with van der Waals surface area (Å²) in [6.45, 7) is 2.93. The van der Waals surface area contributed by atoms with E-state index in [0.29, 0.717) is 30.2 Å². The first-order valence-corrected chi connectivity index (χ1v) is 10.1. The van der Waals surface area contributed by atoms with Crippen LogP contribution in [-0.4, -0.2) is 34.9 Å². The van der Waals surface area contributed by atoms with Crippen LogP contribution in [0.3, 0.4) is 0 Å². The number of carbonyl (C=O) groups excluding carboxylic acids is 2. The van der Waals surface area contributed by atoms with Crippen LogP contribution >= 0.6 is 0 Å². The number of aromatic nitrogens is 2. The Morgan fingerprint density at radius 2 is 2.00 bits per heavy atom. The average molecular weight is 402 g/mol. The Kier molecular flexibility index (Phi) is 4.50. The fourth-order valence-corrected chi connectivity index (χ4v) is 4.19.